The molecule has 0 aliphatic rings. The molecule has 0 saturated carbocycles. The van der Waals surface area contributed by atoms with Crippen molar-refractivity contribution in [2.24, 2.45) is 0 Å². The lowest BCUT2D eigenvalue weighted by Gasteiger charge is -2.18. The fraction of sp³-hybridized carbons (Fsp3) is 0. The van der Waals surface area contributed by atoms with Crippen LogP contribution in [0.1, 0.15) is 19.4 Å². The Kier molecular flexibility index (Phi) is 9.45. The van der Waals surface area contributed by atoms with Gasteiger partial charge < -0.3 is 0 Å². The zero-order valence-electron chi connectivity index (χ0n) is 42.3. The number of allylic oxidation sites excluding steroid dienone is 4. The summed E-state index contributed by atoms with van der Waals surface area (Å²) in [5, 5.41) is 4.98. The van der Waals surface area contributed by atoms with Gasteiger partial charge in [-0.2, -0.15) is 0 Å². The van der Waals surface area contributed by atoms with E-state index in [9.17, 15) is 0 Å². The Morgan fingerprint density at radius 1 is 0.433 bits per heavy atom. The van der Waals surface area contributed by atoms with Crippen molar-refractivity contribution in [3.05, 3.63) is 267 Å². The normalized spacial score (nSPS) is 12.6. The van der Waals surface area contributed by atoms with Crippen LogP contribution in [-0.4, -0.2) is 9.97 Å². The minimum atomic E-state index is -0.402. The third kappa shape index (κ3) is 7.92. The van der Waals surface area contributed by atoms with Crippen LogP contribution in [0.5, 0.6) is 0 Å². The summed E-state index contributed by atoms with van der Waals surface area (Å²) in [5.41, 5.74) is 11.0. The first kappa shape index (κ1) is 34.8. The van der Waals surface area contributed by atoms with Gasteiger partial charge in [-0.25, -0.2) is 4.98 Å². The number of aromatic nitrogens is 2. The molecule has 0 aliphatic heterocycles. The Morgan fingerprint density at radius 3 is 1.63 bits per heavy atom. The average molecular weight is 879 g/mol. The lowest BCUT2D eigenvalue weighted by Crippen LogP contribution is -1.92. The first-order chi connectivity index (χ1) is 35.6. The first-order valence-electron chi connectivity index (χ1n) is 25.0. The standard InChI is InChI=1S/C64H44N2S/c1-43(45-21-8-3-4-9-22-46(37-36-45)56-41-40-50-39-38-49-29-20-42-65-61(49)62(50)66-56)34-35-44(2)57-59(48-25-12-6-13-26-48)64(67-63(57)51-27-14-7-15-28-51)60-54-32-18-16-30-52(54)58(47-23-10-5-11-24-47)53-31-17-19-33-55(53)60/h3-42H,1-2H2/b4-3?,8-3?,9-4?,21-8?,22-9?,35-34-,37-36?,45-21?,45-36?,46-22?,46-37?/i20D,29D,39D,40D,41D,42D. The zero-order chi connectivity index (χ0) is 50.3. The van der Waals surface area contributed by atoms with Crippen molar-refractivity contribution < 1.29 is 8.22 Å². The summed E-state index contributed by atoms with van der Waals surface area (Å²) in [4.78, 5) is 11.4. The van der Waals surface area contributed by atoms with Gasteiger partial charge >= 0.3 is 0 Å². The maximum Gasteiger partial charge on any atom is 0.0972 e. The molecule has 3 heterocycles. The van der Waals surface area contributed by atoms with E-state index in [4.69, 9.17) is 19.8 Å². The van der Waals surface area contributed by atoms with Crippen LogP contribution in [-0.2, 0) is 0 Å². The molecule has 0 fully saturated rings. The summed E-state index contributed by atoms with van der Waals surface area (Å²) in [7, 11) is 0. The minimum Gasteiger partial charge on any atom is -0.254 e. The van der Waals surface area contributed by atoms with E-state index < -0.39 is 6.17 Å². The molecule has 11 rings (SSSR count). The van der Waals surface area contributed by atoms with Crippen molar-refractivity contribution in [1.29, 1.82) is 0 Å². The molecule has 67 heavy (non-hydrogen) atoms. The number of thiophene rings is 1. The number of pyridine rings is 2. The maximum absolute atomic E-state index is 9.11. The predicted octanol–water partition coefficient (Wildman–Crippen LogP) is 17.9. The summed E-state index contributed by atoms with van der Waals surface area (Å²) < 4.78 is 51.9. The van der Waals surface area contributed by atoms with Crippen molar-refractivity contribution >= 4 is 65.8 Å². The molecule has 0 atom stereocenters. The van der Waals surface area contributed by atoms with E-state index >= 15 is 0 Å². The predicted molar refractivity (Wildman–Crippen MR) is 288 cm³/mol. The van der Waals surface area contributed by atoms with Crippen molar-refractivity contribution in [3.63, 3.8) is 0 Å². The van der Waals surface area contributed by atoms with Gasteiger partial charge in [0.1, 0.15) is 0 Å². The quantitative estimate of drug-likeness (QED) is 0.0820. The van der Waals surface area contributed by atoms with Gasteiger partial charge in [-0.3, -0.25) is 4.98 Å². The van der Waals surface area contributed by atoms with Gasteiger partial charge in [-0.1, -0.05) is 238 Å². The molecule has 8 aromatic carbocycles. The molecule has 2 nitrogen and oxygen atoms in total. The topological polar surface area (TPSA) is 25.8 Å². The lowest BCUT2D eigenvalue weighted by molar-refractivity contribution is 1.37. The highest BCUT2D eigenvalue weighted by Crippen LogP contribution is 2.54. The molecule has 0 N–H and O–H groups in total. The van der Waals surface area contributed by atoms with Crippen molar-refractivity contribution in [2.45, 2.75) is 0 Å². The fourth-order valence-electron chi connectivity index (χ4n) is 8.88. The fourth-order valence-corrected chi connectivity index (χ4v) is 10.3. The molecule has 0 amide bonds. The van der Waals surface area contributed by atoms with Gasteiger partial charge in [-0.05, 0) is 72.6 Å². The third-order valence-electron chi connectivity index (χ3n) is 12.0. The van der Waals surface area contributed by atoms with Crippen LogP contribution in [0.25, 0.3) is 109 Å². The Hall–Kier alpha value is -8.50. The number of benzene rings is 7. The van der Waals surface area contributed by atoms with Crippen LogP contribution < -0.4 is 0 Å². The molecule has 0 unspecified atom stereocenters. The summed E-state index contributed by atoms with van der Waals surface area (Å²) >= 11 is 1.79. The molecular formula is C64H44N2S. The van der Waals surface area contributed by atoms with E-state index in [2.05, 4.69) is 139 Å². The highest BCUT2D eigenvalue weighted by molar-refractivity contribution is 7.20. The third-order valence-corrected chi connectivity index (χ3v) is 13.3. The van der Waals surface area contributed by atoms with Crippen LogP contribution in [0.2, 0.25) is 0 Å². The molecule has 316 valence electrons. The second-order valence-corrected chi connectivity index (χ2v) is 17.2. The molecular weight excluding hydrogens is 829 g/mol. The number of fused-ring (bicyclic) bond motifs is 5. The molecule has 0 radical (unpaired) electrons. The molecule has 0 spiro atoms. The number of nitrogens with zero attached hydrogens (tertiary/aromatic N) is 2. The van der Waals surface area contributed by atoms with Crippen molar-refractivity contribution in [3.8, 4) is 54.4 Å². The number of hydrogen-bond donors (Lipinski definition) is 0. The van der Waals surface area contributed by atoms with E-state index in [1.54, 1.807) is 17.4 Å². The Labute approximate surface area is 403 Å². The van der Waals surface area contributed by atoms with E-state index in [0.29, 0.717) is 11.1 Å². The Morgan fingerprint density at radius 2 is 0.970 bits per heavy atom. The van der Waals surface area contributed by atoms with Gasteiger partial charge in [0.15, 0.2) is 0 Å². The largest absolute Gasteiger partial charge is 0.254 e. The average Bonchev–Trinajstić information content (AvgIpc) is 3.82. The molecule has 0 saturated heterocycles. The molecule has 0 bridgehead atoms. The van der Waals surface area contributed by atoms with E-state index in [1.807, 2.05) is 66.7 Å². The lowest BCUT2D eigenvalue weighted by atomic mass is 9.85. The Balaban J connectivity index is 1.06. The van der Waals surface area contributed by atoms with Gasteiger partial charge in [0, 0.05) is 49.0 Å². The van der Waals surface area contributed by atoms with Crippen molar-refractivity contribution in [1.82, 2.24) is 9.97 Å². The zero-order valence-corrected chi connectivity index (χ0v) is 37.2. The van der Waals surface area contributed by atoms with Gasteiger partial charge in [-0.15, -0.1) is 11.3 Å². The maximum atomic E-state index is 9.11. The van der Waals surface area contributed by atoms with Gasteiger partial charge in [0.25, 0.3) is 0 Å². The van der Waals surface area contributed by atoms with E-state index in [0.717, 1.165) is 43.1 Å². The highest BCUT2D eigenvalue weighted by Gasteiger charge is 2.26. The van der Waals surface area contributed by atoms with E-state index in [1.165, 1.54) is 44.3 Å². The van der Waals surface area contributed by atoms with Crippen LogP contribution >= 0.6 is 11.3 Å². The number of hydrogen-bond acceptors (Lipinski definition) is 3. The van der Waals surface area contributed by atoms with Crippen LogP contribution in [0.15, 0.2) is 256 Å². The first-order valence-corrected chi connectivity index (χ1v) is 22.9. The molecule has 0 aliphatic carbocycles. The summed E-state index contributed by atoms with van der Waals surface area (Å²) in [6.07, 6.45) is 3.62. The van der Waals surface area contributed by atoms with E-state index in [-0.39, 0.29) is 57.7 Å². The Bertz CT molecular complexity index is 4070. The monoisotopic (exact) mass is 878 g/mol. The van der Waals surface area contributed by atoms with Crippen molar-refractivity contribution in [2.75, 3.05) is 0 Å². The second-order valence-electron chi connectivity index (χ2n) is 16.1. The van der Waals surface area contributed by atoms with Crippen LogP contribution in [0.3, 0.4) is 0 Å². The number of rotatable bonds is 9. The molecule has 11 aromatic rings. The minimum absolute atomic E-state index is 0.0961. The van der Waals surface area contributed by atoms with Gasteiger partial charge in [0.2, 0.25) is 0 Å². The summed E-state index contributed by atoms with van der Waals surface area (Å²) in [6, 6.07) is 64.5. The second kappa shape index (κ2) is 18.2. The van der Waals surface area contributed by atoms with Crippen LogP contribution in [0, 0.1) is 0 Å². The van der Waals surface area contributed by atoms with Gasteiger partial charge in [0.05, 0.1) is 25.0 Å². The molecule has 3 heteroatoms. The summed E-state index contributed by atoms with van der Waals surface area (Å²) in [5.74, 6) is 0. The SMILES string of the molecule is [2H]c1nc2c(cc([2H])c3c([2H])c([2H])c(-c4ccccccc(C(=C)/C=C\C(=C)c5c(-c6ccccc6)sc(-c6c7ccccc7c(-c7ccccc7)c7ccccc67)c5-c5ccccc5)cc4)nc32)c([2H])c1[2H]. The summed E-state index contributed by atoms with van der Waals surface area (Å²) in [6.45, 7) is 9.35. The highest BCUT2D eigenvalue weighted by atomic mass is 32.1. The molecule has 3 aromatic heterocycles. The smallest absolute Gasteiger partial charge is 0.0972 e. The van der Waals surface area contributed by atoms with Crippen LogP contribution in [0.4, 0.5) is 0 Å².